The Morgan fingerprint density at radius 2 is 2.29 bits per heavy atom. The van der Waals surface area contributed by atoms with E-state index in [1.165, 1.54) is 19.3 Å². The fourth-order valence-corrected chi connectivity index (χ4v) is 1.90. The average molecular weight is 200 g/mol. The van der Waals surface area contributed by atoms with Crippen LogP contribution in [0.4, 0.5) is 0 Å². The third-order valence-electron chi connectivity index (χ3n) is 3.03. The highest BCUT2D eigenvalue weighted by molar-refractivity contribution is 5.73. The molecular weight excluding hydrogens is 180 g/mol. The maximum atomic E-state index is 10.9. The van der Waals surface area contributed by atoms with Crippen molar-refractivity contribution in [2.24, 2.45) is 11.7 Å². The van der Waals surface area contributed by atoms with Crippen molar-refractivity contribution in [3.63, 3.8) is 0 Å². The second-order valence-electron chi connectivity index (χ2n) is 4.17. The van der Waals surface area contributed by atoms with Crippen LogP contribution in [0.1, 0.15) is 25.7 Å². The number of nitrogens with zero attached hydrogens (tertiary/aromatic N) is 1. The zero-order valence-electron chi connectivity index (χ0n) is 8.78. The number of hydrogen-bond acceptors (Lipinski definition) is 3. The summed E-state index contributed by atoms with van der Waals surface area (Å²) in [5.41, 5.74) is 5.39. The summed E-state index contributed by atoms with van der Waals surface area (Å²) in [5.74, 6) is -0.0445. The smallest absolute Gasteiger partial charge is 0.320 e. The predicted octanol–water partition coefficient (Wildman–Crippen LogP) is 0.520. The topological polar surface area (TPSA) is 66.6 Å². The summed E-state index contributed by atoms with van der Waals surface area (Å²) in [4.78, 5) is 12.9. The number of likely N-dealkylation sites (N-methyl/N-ethyl adjacent to an activating group) is 1. The van der Waals surface area contributed by atoms with Gasteiger partial charge in [-0.05, 0) is 38.8 Å². The lowest BCUT2D eigenvalue weighted by molar-refractivity contribution is -0.143. The van der Waals surface area contributed by atoms with Crippen molar-refractivity contribution in [3.05, 3.63) is 0 Å². The molecule has 0 aromatic rings. The molecule has 0 radical (unpaired) electrons. The molecule has 82 valence electrons. The Kier molecular flexibility index (Phi) is 4.35. The molecule has 1 atom stereocenters. The summed E-state index contributed by atoms with van der Waals surface area (Å²) in [6, 6.07) is -0.402. The van der Waals surface area contributed by atoms with E-state index >= 15 is 0 Å². The van der Waals surface area contributed by atoms with Crippen molar-refractivity contribution in [2.75, 3.05) is 20.1 Å². The summed E-state index contributed by atoms with van der Waals surface area (Å²) < 4.78 is 0. The van der Waals surface area contributed by atoms with E-state index < -0.39 is 12.0 Å². The zero-order chi connectivity index (χ0) is 10.6. The van der Waals surface area contributed by atoms with Crippen LogP contribution < -0.4 is 5.73 Å². The predicted molar refractivity (Wildman–Crippen MR) is 55.1 cm³/mol. The standard InChI is InChI=1S/C10H20N2O2/c1-12(7-8-3-2-4-8)9(5-6-11)10(13)14/h8-9H,2-7,11H2,1H3,(H,13,14). The molecule has 1 saturated carbocycles. The molecule has 1 unspecified atom stereocenters. The molecule has 0 amide bonds. The zero-order valence-corrected chi connectivity index (χ0v) is 8.78. The third-order valence-corrected chi connectivity index (χ3v) is 3.03. The Bertz CT molecular complexity index is 193. The van der Waals surface area contributed by atoms with Gasteiger partial charge in [-0.15, -0.1) is 0 Å². The molecule has 1 fully saturated rings. The monoisotopic (exact) mass is 200 g/mol. The fourth-order valence-electron chi connectivity index (χ4n) is 1.90. The van der Waals surface area contributed by atoms with Crippen LogP contribution in [-0.4, -0.2) is 42.2 Å². The highest BCUT2D eigenvalue weighted by Crippen LogP contribution is 2.27. The molecule has 0 aromatic carbocycles. The maximum Gasteiger partial charge on any atom is 0.320 e. The Morgan fingerprint density at radius 3 is 2.64 bits per heavy atom. The van der Waals surface area contributed by atoms with Crippen molar-refractivity contribution in [1.29, 1.82) is 0 Å². The number of hydrogen-bond donors (Lipinski definition) is 2. The largest absolute Gasteiger partial charge is 0.480 e. The number of carboxylic acids is 1. The first-order chi connectivity index (χ1) is 6.65. The first kappa shape index (κ1) is 11.5. The van der Waals surface area contributed by atoms with E-state index in [1.54, 1.807) is 0 Å². The van der Waals surface area contributed by atoms with Gasteiger partial charge in [0.15, 0.2) is 0 Å². The van der Waals surface area contributed by atoms with Crippen LogP contribution in [0.2, 0.25) is 0 Å². The summed E-state index contributed by atoms with van der Waals surface area (Å²) >= 11 is 0. The van der Waals surface area contributed by atoms with Gasteiger partial charge in [-0.25, -0.2) is 0 Å². The molecule has 0 spiro atoms. The lowest BCUT2D eigenvalue weighted by atomic mass is 9.85. The van der Waals surface area contributed by atoms with Gasteiger partial charge in [-0.3, -0.25) is 9.69 Å². The van der Waals surface area contributed by atoms with Crippen molar-refractivity contribution in [1.82, 2.24) is 4.90 Å². The van der Waals surface area contributed by atoms with Gasteiger partial charge in [0.05, 0.1) is 0 Å². The van der Waals surface area contributed by atoms with Gasteiger partial charge in [-0.2, -0.15) is 0 Å². The minimum atomic E-state index is -0.753. The van der Waals surface area contributed by atoms with Gasteiger partial charge in [0.25, 0.3) is 0 Å². The molecule has 0 aromatic heterocycles. The average Bonchev–Trinajstić information content (AvgIpc) is 2.06. The van der Waals surface area contributed by atoms with Crippen molar-refractivity contribution >= 4 is 5.97 Å². The van der Waals surface area contributed by atoms with E-state index in [0.29, 0.717) is 18.9 Å². The molecule has 4 heteroatoms. The molecule has 3 N–H and O–H groups in total. The number of nitrogens with two attached hydrogens (primary N) is 1. The number of carboxylic acid groups (broad SMARTS) is 1. The van der Waals surface area contributed by atoms with Gasteiger partial charge in [0.1, 0.15) is 6.04 Å². The molecule has 1 aliphatic carbocycles. The molecular formula is C10H20N2O2. The van der Waals surface area contributed by atoms with E-state index in [1.807, 2.05) is 11.9 Å². The van der Waals surface area contributed by atoms with Crippen molar-refractivity contribution in [3.8, 4) is 0 Å². The van der Waals surface area contributed by atoms with E-state index in [4.69, 9.17) is 10.8 Å². The first-order valence-corrected chi connectivity index (χ1v) is 5.28. The fraction of sp³-hybridized carbons (Fsp3) is 0.900. The molecule has 0 saturated heterocycles. The van der Waals surface area contributed by atoms with Crippen LogP contribution in [0.15, 0.2) is 0 Å². The third kappa shape index (κ3) is 2.96. The van der Waals surface area contributed by atoms with Crippen LogP contribution in [0.3, 0.4) is 0 Å². The van der Waals surface area contributed by atoms with Gasteiger partial charge in [0, 0.05) is 6.54 Å². The minimum Gasteiger partial charge on any atom is -0.480 e. The highest BCUT2D eigenvalue weighted by Gasteiger charge is 2.26. The van der Waals surface area contributed by atoms with E-state index in [-0.39, 0.29) is 0 Å². The highest BCUT2D eigenvalue weighted by atomic mass is 16.4. The molecule has 14 heavy (non-hydrogen) atoms. The van der Waals surface area contributed by atoms with Crippen molar-refractivity contribution < 1.29 is 9.90 Å². The molecule has 1 aliphatic rings. The van der Waals surface area contributed by atoms with Crippen LogP contribution in [0, 0.1) is 5.92 Å². The lowest BCUT2D eigenvalue weighted by Crippen LogP contribution is -2.43. The quantitative estimate of drug-likeness (QED) is 0.656. The van der Waals surface area contributed by atoms with E-state index in [9.17, 15) is 4.79 Å². The molecule has 0 bridgehead atoms. The van der Waals surface area contributed by atoms with E-state index in [0.717, 1.165) is 6.54 Å². The van der Waals surface area contributed by atoms with Crippen LogP contribution in [0.25, 0.3) is 0 Å². The number of rotatable bonds is 6. The second-order valence-corrected chi connectivity index (χ2v) is 4.17. The minimum absolute atomic E-state index is 0.402. The Balaban J connectivity index is 2.36. The van der Waals surface area contributed by atoms with Gasteiger partial charge in [0.2, 0.25) is 0 Å². The van der Waals surface area contributed by atoms with Crippen molar-refractivity contribution in [2.45, 2.75) is 31.7 Å². The van der Waals surface area contributed by atoms with Crippen LogP contribution in [0.5, 0.6) is 0 Å². The van der Waals surface area contributed by atoms with E-state index in [2.05, 4.69) is 0 Å². The summed E-state index contributed by atoms with van der Waals surface area (Å²) in [5, 5.41) is 8.98. The molecule has 4 nitrogen and oxygen atoms in total. The maximum absolute atomic E-state index is 10.9. The normalized spacial score (nSPS) is 19.4. The Hall–Kier alpha value is -0.610. The second kappa shape index (κ2) is 5.32. The molecule has 1 rings (SSSR count). The SMILES string of the molecule is CN(CC1CCC1)C(CCN)C(=O)O. The summed E-state index contributed by atoms with van der Waals surface area (Å²) in [6.45, 7) is 1.34. The molecule has 0 heterocycles. The van der Waals surface area contributed by atoms with Gasteiger partial charge >= 0.3 is 5.97 Å². The first-order valence-electron chi connectivity index (χ1n) is 5.28. The Morgan fingerprint density at radius 1 is 1.64 bits per heavy atom. The summed E-state index contributed by atoms with van der Waals surface area (Å²) in [7, 11) is 1.88. The van der Waals surface area contributed by atoms with Crippen LogP contribution in [-0.2, 0) is 4.79 Å². The van der Waals surface area contributed by atoms with Gasteiger partial charge < -0.3 is 10.8 Å². The Labute approximate surface area is 85.1 Å². The van der Waals surface area contributed by atoms with Crippen LogP contribution >= 0.6 is 0 Å². The lowest BCUT2D eigenvalue weighted by Gasteiger charge is -2.33. The number of aliphatic carboxylic acids is 1. The number of carbonyl (C=O) groups is 1. The molecule has 0 aliphatic heterocycles. The van der Waals surface area contributed by atoms with Gasteiger partial charge in [-0.1, -0.05) is 6.42 Å². The summed E-state index contributed by atoms with van der Waals surface area (Å²) in [6.07, 6.45) is 4.34.